The van der Waals surface area contributed by atoms with Gasteiger partial charge in [-0.15, -0.1) is 0 Å². The molecule has 4 rings (SSSR count). The Morgan fingerprint density at radius 2 is 1.83 bits per heavy atom. The van der Waals surface area contributed by atoms with E-state index < -0.39 is 5.97 Å². The SMILES string of the molecule is O=C(CCN1C(=O)Cc2ccccc2C1=O)OCc1ncc(-c2ccccc2)o1. The van der Waals surface area contributed by atoms with Crippen molar-refractivity contribution < 1.29 is 23.5 Å². The lowest BCUT2D eigenvalue weighted by Gasteiger charge is -2.26. The fourth-order valence-electron chi connectivity index (χ4n) is 3.16. The second-order valence-electron chi connectivity index (χ2n) is 6.58. The fraction of sp³-hybridized carbons (Fsp3) is 0.182. The first-order valence-electron chi connectivity index (χ1n) is 9.20. The maximum Gasteiger partial charge on any atom is 0.308 e. The van der Waals surface area contributed by atoms with Crippen molar-refractivity contribution >= 4 is 17.8 Å². The number of rotatable bonds is 6. The van der Waals surface area contributed by atoms with Gasteiger partial charge in [-0.05, 0) is 11.6 Å². The third-order valence-corrected chi connectivity index (χ3v) is 4.64. The Balaban J connectivity index is 1.30. The van der Waals surface area contributed by atoms with E-state index in [-0.39, 0.29) is 43.7 Å². The van der Waals surface area contributed by atoms with Crippen LogP contribution in [0.3, 0.4) is 0 Å². The van der Waals surface area contributed by atoms with Crippen LogP contribution in [0.15, 0.2) is 65.2 Å². The zero-order valence-electron chi connectivity index (χ0n) is 15.5. The van der Waals surface area contributed by atoms with E-state index >= 15 is 0 Å². The van der Waals surface area contributed by atoms with Gasteiger partial charge in [0.05, 0.1) is 19.0 Å². The minimum absolute atomic E-state index is 0.0221. The summed E-state index contributed by atoms with van der Waals surface area (Å²) >= 11 is 0. The average Bonchev–Trinajstić information content (AvgIpc) is 3.22. The van der Waals surface area contributed by atoms with Crippen molar-refractivity contribution in [3.05, 3.63) is 77.8 Å². The van der Waals surface area contributed by atoms with E-state index in [2.05, 4.69) is 4.98 Å². The number of hydrogen-bond donors (Lipinski definition) is 0. The predicted octanol–water partition coefficient (Wildman–Crippen LogP) is 3.00. The van der Waals surface area contributed by atoms with Crippen LogP contribution < -0.4 is 0 Å². The van der Waals surface area contributed by atoms with Gasteiger partial charge in [-0.25, -0.2) is 4.98 Å². The molecule has 0 N–H and O–H groups in total. The van der Waals surface area contributed by atoms with Crippen molar-refractivity contribution in [2.24, 2.45) is 0 Å². The Bertz CT molecular complexity index is 1060. The Labute approximate surface area is 166 Å². The van der Waals surface area contributed by atoms with Gasteiger partial charge in [0.25, 0.3) is 5.91 Å². The molecular formula is C22H18N2O5. The van der Waals surface area contributed by atoms with Gasteiger partial charge in [0.2, 0.25) is 11.8 Å². The van der Waals surface area contributed by atoms with Crippen LogP contribution in [-0.4, -0.2) is 34.2 Å². The smallest absolute Gasteiger partial charge is 0.308 e. The number of carbonyl (C=O) groups excluding carboxylic acids is 3. The van der Waals surface area contributed by atoms with E-state index in [1.165, 1.54) is 0 Å². The van der Waals surface area contributed by atoms with E-state index in [1.54, 1.807) is 30.5 Å². The molecular weight excluding hydrogens is 372 g/mol. The summed E-state index contributed by atoms with van der Waals surface area (Å²) in [5.41, 5.74) is 2.08. The largest absolute Gasteiger partial charge is 0.456 e. The number of imide groups is 1. The Morgan fingerprint density at radius 3 is 2.66 bits per heavy atom. The molecule has 2 aromatic carbocycles. The number of nitrogens with zero attached hydrogens (tertiary/aromatic N) is 2. The zero-order chi connectivity index (χ0) is 20.2. The topological polar surface area (TPSA) is 89.7 Å². The summed E-state index contributed by atoms with van der Waals surface area (Å²) in [6.07, 6.45) is 1.63. The van der Waals surface area contributed by atoms with Crippen LogP contribution in [0.25, 0.3) is 11.3 Å². The quantitative estimate of drug-likeness (QED) is 0.475. The Morgan fingerprint density at radius 1 is 1.07 bits per heavy atom. The summed E-state index contributed by atoms with van der Waals surface area (Å²) in [6, 6.07) is 16.4. The van der Waals surface area contributed by atoms with E-state index in [0.29, 0.717) is 16.9 Å². The number of amides is 2. The molecule has 7 nitrogen and oxygen atoms in total. The number of hydrogen-bond acceptors (Lipinski definition) is 6. The minimum Gasteiger partial charge on any atom is -0.456 e. The maximum absolute atomic E-state index is 12.5. The molecule has 29 heavy (non-hydrogen) atoms. The van der Waals surface area contributed by atoms with Crippen molar-refractivity contribution in [3.63, 3.8) is 0 Å². The maximum atomic E-state index is 12.5. The molecule has 7 heteroatoms. The number of carbonyl (C=O) groups is 3. The van der Waals surface area contributed by atoms with Crippen molar-refractivity contribution in [2.75, 3.05) is 6.54 Å². The van der Waals surface area contributed by atoms with Gasteiger partial charge >= 0.3 is 5.97 Å². The van der Waals surface area contributed by atoms with Crippen molar-refractivity contribution in [1.82, 2.24) is 9.88 Å². The molecule has 0 aliphatic carbocycles. The standard InChI is InChI=1S/C22H18N2O5/c25-20-12-16-8-4-5-9-17(16)22(27)24(20)11-10-21(26)28-14-19-23-13-18(29-19)15-6-2-1-3-7-15/h1-9,13H,10-12,14H2. The molecule has 1 aliphatic heterocycles. The second kappa shape index (κ2) is 8.10. The van der Waals surface area contributed by atoms with Gasteiger partial charge in [-0.2, -0.15) is 0 Å². The number of fused-ring (bicyclic) bond motifs is 1. The van der Waals surface area contributed by atoms with Crippen molar-refractivity contribution in [3.8, 4) is 11.3 Å². The lowest BCUT2D eigenvalue weighted by molar-refractivity contribution is -0.146. The Hall–Kier alpha value is -3.74. The van der Waals surface area contributed by atoms with E-state index in [9.17, 15) is 14.4 Å². The fourth-order valence-corrected chi connectivity index (χ4v) is 3.16. The highest BCUT2D eigenvalue weighted by Crippen LogP contribution is 2.21. The molecule has 0 fully saturated rings. The first-order valence-corrected chi connectivity index (χ1v) is 9.20. The van der Waals surface area contributed by atoms with E-state index in [4.69, 9.17) is 9.15 Å². The van der Waals surface area contributed by atoms with Gasteiger partial charge < -0.3 is 9.15 Å². The number of aromatic nitrogens is 1. The highest BCUT2D eigenvalue weighted by molar-refractivity contribution is 6.09. The van der Waals surface area contributed by atoms with Crippen LogP contribution in [0, 0.1) is 0 Å². The molecule has 0 saturated carbocycles. The molecule has 1 aliphatic rings. The first kappa shape index (κ1) is 18.6. The average molecular weight is 390 g/mol. The number of ether oxygens (including phenoxy) is 1. The van der Waals surface area contributed by atoms with Crippen LogP contribution in [0.5, 0.6) is 0 Å². The van der Waals surface area contributed by atoms with Crippen LogP contribution in [0.2, 0.25) is 0 Å². The molecule has 0 unspecified atom stereocenters. The summed E-state index contributed by atoms with van der Waals surface area (Å²) in [4.78, 5) is 42.0. The van der Waals surface area contributed by atoms with E-state index in [1.807, 2.05) is 30.3 Å². The zero-order valence-corrected chi connectivity index (χ0v) is 15.5. The van der Waals surface area contributed by atoms with Crippen LogP contribution >= 0.6 is 0 Å². The minimum atomic E-state index is -0.538. The summed E-state index contributed by atoms with van der Waals surface area (Å²) in [5, 5.41) is 0. The molecule has 2 amide bonds. The van der Waals surface area contributed by atoms with Gasteiger partial charge in [0, 0.05) is 17.7 Å². The Kier molecular flexibility index (Phi) is 5.20. The summed E-state index contributed by atoms with van der Waals surface area (Å²) in [5.74, 6) is -0.383. The van der Waals surface area contributed by atoms with Gasteiger partial charge in [-0.3, -0.25) is 19.3 Å². The van der Waals surface area contributed by atoms with Crippen molar-refractivity contribution in [2.45, 2.75) is 19.4 Å². The first-order chi connectivity index (χ1) is 14.1. The molecule has 2 heterocycles. The normalized spacial score (nSPS) is 13.3. The molecule has 3 aromatic rings. The third-order valence-electron chi connectivity index (χ3n) is 4.64. The monoisotopic (exact) mass is 390 g/mol. The highest BCUT2D eigenvalue weighted by Gasteiger charge is 2.30. The van der Waals surface area contributed by atoms with Gasteiger partial charge in [0.1, 0.15) is 0 Å². The molecule has 1 aromatic heterocycles. The number of benzene rings is 2. The van der Waals surface area contributed by atoms with Crippen molar-refractivity contribution in [1.29, 1.82) is 0 Å². The molecule has 0 radical (unpaired) electrons. The summed E-state index contributed by atoms with van der Waals surface area (Å²) < 4.78 is 10.7. The summed E-state index contributed by atoms with van der Waals surface area (Å²) in [7, 11) is 0. The summed E-state index contributed by atoms with van der Waals surface area (Å²) in [6.45, 7) is -0.137. The van der Waals surface area contributed by atoms with E-state index in [0.717, 1.165) is 10.5 Å². The molecule has 146 valence electrons. The third kappa shape index (κ3) is 4.08. The van der Waals surface area contributed by atoms with Crippen LogP contribution in [0.4, 0.5) is 0 Å². The molecule has 0 atom stereocenters. The van der Waals surface area contributed by atoms with Crippen LogP contribution in [0.1, 0.15) is 28.2 Å². The number of oxazole rings is 1. The lowest BCUT2D eigenvalue weighted by atomic mass is 9.98. The highest BCUT2D eigenvalue weighted by atomic mass is 16.5. The van der Waals surface area contributed by atoms with Gasteiger partial charge in [-0.1, -0.05) is 48.5 Å². The molecule has 0 bridgehead atoms. The molecule has 0 spiro atoms. The number of esters is 1. The van der Waals surface area contributed by atoms with Gasteiger partial charge in [0.15, 0.2) is 12.4 Å². The predicted molar refractivity (Wildman–Crippen MR) is 103 cm³/mol. The molecule has 0 saturated heterocycles. The lowest BCUT2D eigenvalue weighted by Crippen LogP contribution is -2.43. The second-order valence-corrected chi connectivity index (χ2v) is 6.58. The van der Waals surface area contributed by atoms with Crippen LogP contribution in [-0.2, 0) is 27.4 Å².